The summed E-state index contributed by atoms with van der Waals surface area (Å²) in [5, 5.41) is -0.316. The van der Waals surface area contributed by atoms with Gasteiger partial charge >= 0.3 is 5.97 Å². The van der Waals surface area contributed by atoms with Gasteiger partial charge in [-0.05, 0) is 36.8 Å². The number of methoxy groups -OCH3 is 1. The van der Waals surface area contributed by atoms with Gasteiger partial charge in [0.05, 0.1) is 20.1 Å². The number of carbonyl (C=O) groups excluding carboxylic acids is 2. The van der Waals surface area contributed by atoms with Crippen LogP contribution in [0.3, 0.4) is 0 Å². The van der Waals surface area contributed by atoms with Gasteiger partial charge in [-0.1, -0.05) is 12.1 Å². The molecule has 1 saturated heterocycles. The number of carbonyl (C=O) groups is 2. The van der Waals surface area contributed by atoms with Gasteiger partial charge < -0.3 is 18.8 Å². The third-order valence-electron chi connectivity index (χ3n) is 4.76. The van der Waals surface area contributed by atoms with Crippen LogP contribution in [0.15, 0.2) is 45.9 Å². The molecule has 2 aromatic rings. The van der Waals surface area contributed by atoms with E-state index < -0.39 is 16.0 Å². The van der Waals surface area contributed by atoms with Crippen molar-refractivity contribution in [2.45, 2.75) is 18.4 Å². The van der Waals surface area contributed by atoms with Crippen molar-refractivity contribution in [3.05, 3.63) is 47.7 Å². The highest BCUT2D eigenvalue weighted by molar-refractivity contribution is 7.89. The molecule has 0 atom stereocenters. The molecule has 0 spiro atoms. The van der Waals surface area contributed by atoms with E-state index in [4.69, 9.17) is 13.9 Å². The Bertz CT molecular complexity index is 990. The van der Waals surface area contributed by atoms with Crippen molar-refractivity contribution >= 4 is 21.9 Å². The first-order chi connectivity index (χ1) is 14.3. The third-order valence-corrected chi connectivity index (χ3v) is 6.53. The van der Waals surface area contributed by atoms with E-state index in [1.165, 1.54) is 16.4 Å². The van der Waals surface area contributed by atoms with E-state index in [-0.39, 0.29) is 56.0 Å². The van der Waals surface area contributed by atoms with Gasteiger partial charge in [0.2, 0.25) is 16.8 Å². The van der Waals surface area contributed by atoms with E-state index in [0.29, 0.717) is 5.75 Å². The average Bonchev–Trinajstić information content (AvgIpc) is 3.26. The first kappa shape index (κ1) is 21.8. The fourth-order valence-corrected chi connectivity index (χ4v) is 4.44. The van der Waals surface area contributed by atoms with Crippen LogP contribution < -0.4 is 4.74 Å². The molecule has 1 aromatic carbocycles. The standard InChI is InChI=1S/C20H24N2O7S/c1-3-28-20(24)17-8-9-19(29-17)30(25,26)22-12-10-21(11-13-22)18(23)14-15-4-6-16(27-2)7-5-15/h4-9H,3,10-14H2,1-2H3. The van der Waals surface area contributed by atoms with Crippen molar-refractivity contribution in [2.75, 3.05) is 39.9 Å². The molecule has 0 bridgehead atoms. The molecule has 1 fully saturated rings. The fraction of sp³-hybridized carbons (Fsp3) is 0.400. The number of hydrogen-bond donors (Lipinski definition) is 0. The maximum Gasteiger partial charge on any atom is 0.374 e. The van der Waals surface area contributed by atoms with Crippen LogP contribution in [-0.4, -0.2) is 69.4 Å². The molecule has 162 valence electrons. The molecule has 1 aromatic heterocycles. The van der Waals surface area contributed by atoms with E-state index in [9.17, 15) is 18.0 Å². The molecule has 0 N–H and O–H groups in total. The number of hydrogen-bond acceptors (Lipinski definition) is 7. The van der Waals surface area contributed by atoms with Crippen molar-refractivity contribution in [1.82, 2.24) is 9.21 Å². The van der Waals surface area contributed by atoms with Crippen LogP contribution in [0.5, 0.6) is 5.75 Å². The second-order valence-electron chi connectivity index (χ2n) is 6.65. The molecular formula is C20H24N2O7S. The highest BCUT2D eigenvalue weighted by Crippen LogP contribution is 2.21. The number of furan rings is 1. The molecule has 10 heteroatoms. The Kier molecular flexibility index (Phi) is 6.78. The van der Waals surface area contributed by atoms with Crippen LogP contribution in [0.1, 0.15) is 23.0 Å². The second-order valence-corrected chi connectivity index (χ2v) is 8.52. The summed E-state index contributed by atoms with van der Waals surface area (Å²) >= 11 is 0. The number of piperazine rings is 1. The molecule has 0 radical (unpaired) electrons. The van der Waals surface area contributed by atoms with Crippen LogP contribution >= 0.6 is 0 Å². The monoisotopic (exact) mass is 436 g/mol. The Morgan fingerprint density at radius 3 is 2.30 bits per heavy atom. The van der Waals surface area contributed by atoms with Gasteiger partial charge in [0.15, 0.2) is 0 Å². The fourth-order valence-electron chi connectivity index (χ4n) is 3.11. The second kappa shape index (κ2) is 9.31. The number of rotatable bonds is 7. The molecule has 1 aliphatic heterocycles. The minimum Gasteiger partial charge on any atom is -0.497 e. The van der Waals surface area contributed by atoms with Crippen LogP contribution in [0.2, 0.25) is 0 Å². The van der Waals surface area contributed by atoms with E-state index in [0.717, 1.165) is 5.56 Å². The van der Waals surface area contributed by atoms with Gasteiger partial charge in [-0.2, -0.15) is 4.31 Å². The summed E-state index contributed by atoms with van der Waals surface area (Å²) in [6, 6.07) is 9.76. The van der Waals surface area contributed by atoms with Crippen LogP contribution in [0, 0.1) is 0 Å². The maximum absolute atomic E-state index is 12.8. The maximum atomic E-state index is 12.8. The molecular weight excluding hydrogens is 412 g/mol. The van der Waals surface area contributed by atoms with E-state index >= 15 is 0 Å². The minimum atomic E-state index is -3.90. The molecule has 2 heterocycles. The Morgan fingerprint density at radius 1 is 1.03 bits per heavy atom. The third kappa shape index (κ3) is 4.82. The van der Waals surface area contributed by atoms with Crippen LogP contribution in [0.25, 0.3) is 0 Å². The molecule has 0 aliphatic carbocycles. The number of benzene rings is 1. The molecule has 3 rings (SSSR count). The Labute approximate surface area is 175 Å². The lowest BCUT2D eigenvalue weighted by atomic mass is 10.1. The first-order valence-electron chi connectivity index (χ1n) is 9.53. The van der Waals surface area contributed by atoms with Crippen LogP contribution in [0.4, 0.5) is 0 Å². The zero-order valence-corrected chi connectivity index (χ0v) is 17.7. The Morgan fingerprint density at radius 2 is 1.70 bits per heavy atom. The van der Waals surface area contributed by atoms with Gasteiger partial charge in [0.25, 0.3) is 10.0 Å². The quantitative estimate of drug-likeness (QED) is 0.606. The zero-order valence-electron chi connectivity index (χ0n) is 16.9. The molecule has 9 nitrogen and oxygen atoms in total. The molecule has 1 aliphatic rings. The SMILES string of the molecule is CCOC(=O)c1ccc(S(=O)(=O)N2CCN(C(=O)Cc3ccc(OC)cc3)CC2)o1. The lowest BCUT2D eigenvalue weighted by Gasteiger charge is -2.33. The number of amides is 1. The van der Waals surface area contributed by atoms with Crippen molar-refractivity contribution in [3.63, 3.8) is 0 Å². The van der Waals surface area contributed by atoms with Gasteiger partial charge in [-0.15, -0.1) is 0 Å². The number of nitrogens with zero attached hydrogens (tertiary/aromatic N) is 2. The number of sulfonamides is 1. The van der Waals surface area contributed by atoms with E-state index in [1.807, 2.05) is 12.1 Å². The van der Waals surface area contributed by atoms with Crippen LogP contribution in [-0.2, 0) is 26.0 Å². The largest absolute Gasteiger partial charge is 0.497 e. The number of esters is 1. The van der Waals surface area contributed by atoms with Gasteiger partial charge in [-0.3, -0.25) is 4.79 Å². The van der Waals surface area contributed by atoms with Gasteiger partial charge in [0.1, 0.15) is 5.75 Å². The lowest BCUT2D eigenvalue weighted by molar-refractivity contribution is -0.131. The summed E-state index contributed by atoms with van der Waals surface area (Å²) in [6.45, 7) is 2.65. The van der Waals surface area contributed by atoms with E-state index in [2.05, 4.69) is 0 Å². The normalized spacial score (nSPS) is 15.1. The molecule has 0 saturated carbocycles. The van der Waals surface area contributed by atoms with E-state index in [1.54, 1.807) is 31.1 Å². The lowest BCUT2D eigenvalue weighted by Crippen LogP contribution is -2.50. The minimum absolute atomic E-state index is 0.0696. The van der Waals surface area contributed by atoms with Crippen molar-refractivity contribution in [3.8, 4) is 5.75 Å². The number of ether oxygens (including phenoxy) is 2. The molecule has 0 unspecified atom stereocenters. The highest BCUT2D eigenvalue weighted by Gasteiger charge is 2.32. The Hall–Kier alpha value is -2.85. The van der Waals surface area contributed by atoms with Crippen molar-refractivity contribution < 1.29 is 31.9 Å². The first-order valence-corrected chi connectivity index (χ1v) is 11.0. The predicted octanol–water partition coefficient (Wildman–Crippen LogP) is 1.54. The molecule has 30 heavy (non-hydrogen) atoms. The summed E-state index contributed by atoms with van der Waals surface area (Å²) in [7, 11) is -2.32. The molecule has 1 amide bonds. The van der Waals surface area contributed by atoms with Crippen molar-refractivity contribution in [1.29, 1.82) is 0 Å². The average molecular weight is 436 g/mol. The Balaban J connectivity index is 1.58. The summed E-state index contributed by atoms with van der Waals surface area (Å²) in [5.41, 5.74) is 0.859. The summed E-state index contributed by atoms with van der Waals surface area (Å²) < 4.78 is 41.9. The smallest absolute Gasteiger partial charge is 0.374 e. The van der Waals surface area contributed by atoms with Gasteiger partial charge in [0, 0.05) is 26.2 Å². The summed E-state index contributed by atoms with van der Waals surface area (Å²) in [5.74, 6) is -0.231. The van der Waals surface area contributed by atoms with Gasteiger partial charge in [-0.25, -0.2) is 13.2 Å². The van der Waals surface area contributed by atoms with Crippen molar-refractivity contribution in [2.24, 2.45) is 0 Å². The highest BCUT2D eigenvalue weighted by atomic mass is 32.2. The zero-order chi connectivity index (χ0) is 21.7. The summed E-state index contributed by atoms with van der Waals surface area (Å²) in [4.78, 5) is 25.9. The predicted molar refractivity (Wildman–Crippen MR) is 107 cm³/mol. The summed E-state index contributed by atoms with van der Waals surface area (Å²) in [6.07, 6.45) is 0.234. The topological polar surface area (TPSA) is 106 Å².